The Morgan fingerprint density at radius 3 is 2.30 bits per heavy atom. The number of benzene rings is 2. The van der Waals surface area contributed by atoms with Crippen molar-refractivity contribution in [3.8, 4) is 0 Å². The van der Waals surface area contributed by atoms with E-state index in [0.29, 0.717) is 17.2 Å². The Morgan fingerprint density at radius 2 is 1.70 bits per heavy atom. The summed E-state index contributed by atoms with van der Waals surface area (Å²) < 4.78 is 0. The number of hydrogen-bond acceptors (Lipinski definition) is 2. The molecule has 1 aliphatic rings. The molecule has 1 saturated carbocycles. The van der Waals surface area contributed by atoms with Crippen molar-refractivity contribution < 1.29 is 4.79 Å². The van der Waals surface area contributed by atoms with E-state index in [4.69, 9.17) is 5.73 Å². The molecule has 3 nitrogen and oxygen atoms in total. The van der Waals surface area contributed by atoms with Crippen molar-refractivity contribution in [1.82, 2.24) is 5.32 Å². The first-order valence-corrected chi connectivity index (χ1v) is 6.95. The van der Waals surface area contributed by atoms with Crippen LogP contribution in [0.25, 0.3) is 0 Å². The summed E-state index contributed by atoms with van der Waals surface area (Å²) in [4.78, 5) is 12.3. The number of nitrogen functional groups attached to an aromatic ring is 1. The minimum atomic E-state index is -0.0363. The number of nitrogens with one attached hydrogen (secondary N) is 1. The van der Waals surface area contributed by atoms with Crippen LogP contribution in [0.5, 0.6) is 0 Å². The molecule has 0 heterocycles. The summed E-state index contributed by atoms with van der Waals surface area (Å²) in [5.41, 5.74) is 8.15. The highest BCUT2D eigenvalue weighted by atomic mass is 16.1. The molecular formula is C17H18N2O. The molecule has 0 aromatic heterocycles. The van der Waals surface area contributed by atoms with E-state index in [1.807, 2.05) is 18.2 Å². The van der Waals surface area contributed by atoms with Gasteiger partial charge >= 0.3 is 0 Å². The van der Waals surface area contributed by atoms with Gasteiger partial charge < -0.3 is 11.1 Å². The number of amides is 1. The second-order valence-corrected chi connectivity index (χ2v) is 5.32. The van der Waals surface area contributed by atoms with Gasteiger partial charge in [-0.15, -0.1) is 0 Å². The van der Waals surface area contributed by atoms with Crippen LogP contribution in [0.2, 0.25) is 0 Å². The molecule has 1 unspecified atom stereocenters. The lowest BCUT2D eigenvalue weighted by Crippen LogP contribution is -2.29. The number of anilines is 1. The highest BCUT2D eigenvalue weighted by molar-refractivity contribution is 5.94. The van der Waals surface area contributed by atoms with Crippen LogP contribution in [-0.4, -0.2) is 5.91 Å². The smallest absolute Gasteiger partial charge is 0.251 e. The Kier molecular flexibility index (Phi) is 3.42. The number of rotatable bonds is 4. The fourth-order valence-electron chi connectivity index (χ4n) is 2.42. The quantitative estimate of drug-likeness (QED) is 0.835. The molecule has 0 saturated heterocycles. The van der Waals surface area contributed by atoms with Crippen molar-refractivity contribution in [3.63, 3.8) is 0 Å². The minimum absolute atomic E-state index is 0.0363. The van der Waals surface area contributed by atoms with Gasteiger partial charge in [-0.3, -0.25) is 4.79 Å². The van der Waals surface area contributed by atoms with Crippen LogP contribution in [0.3, 0.4) is 0 Å². The molecule has 102 valence electrons. The van der Waals surface area contributed by atoms with Crippen molar-refractivity contribution in [1.29, 1.82) is 0 Å². The Balaban J connectivity index is 1.77. The average molecular weight is 266 g/mol. The Labute approximate surface area is 118 Å². The first kappa shape index (κ1) is 12.7. The molecule has 1 aliphatic carbocycles. The molecule has 0 radical (unpaired) electrons. The molecule has 3 N–H and O–H groups in total. The third-order valence-corrected chi connectivity index (χ3v) is 3.71. The van der Waals surface area contributed by atoms with Gasteiger partial charge in [-0.25, -0.2) is 0 Å². The van der Waals surface area contributed by atoms with Crippen molar-refractivity contribution in [3.05, 3.63) is 65.7 Å². The topological polar surface area (TPSA) is 55.1 Å². The molecule has 1 fully saturated rings. The van der Waals surface area contributed by atoms with Gasteiger partial charge in [-0.05, 0) is 48.6 Å². The van der Waals surface area contributed by atoms with Gasteiger partial charge in [0.25, 0.3) is 5.91 Å². The Morgan fingerprint density at radius 1 is 1.05 bits per heavy atom. The van der Waals surface area contributed by atoms with Crippen molar-refractivity contribution in [2.45, 2.75) is 18.9 Å². The fourth-order valence-corrected chi connectivity index (χ4v) is 2.42. The average Bonchev–Trinajstić information content (AvgIpc) is 3.31. The minimum Gasteiger partial charge on any atom is -0.399 e. The van der Waals surface area contributed by atoms with Crippen LogP contribution in [0.1, 0.15) is 34.8 Å². The molecule has 2 aromatic carbocycles. The lowest BCUT2D eigenvalue weighted by Gasteiger charge is -2.19. The molecular weight excluding hydrogens is 248 g/mol. The second-order valence-electron chi connectivity index (χ2n) is 5.32. The lowest BCUT2D eigenvalue weighted by molar-refractivity contribution is 0.0931. The molecule has 2 aromatic rings. The van der Waals surface area contributed by atoms with Crippen LogP contribution < -0.4 is 11.1 Å². The zero-order chi connectivity index (χ0) is 13.9. The van der Waals surface area contributed by atoms with Crippen molar-refractivity contribution >= 4 is 11.6 Å². The summed E-state index contributed by atoms with van der Waals surface area (Å²) in [6.07, 6.45) is 2.36. The van der Waals surface area contributed by atoms with Crippen LogP contribution in [0.4, 0.5) is 5.69 Å². The monoisotopic (exact) mass is 266 g/mol. The van der Waals surface area contributed by atoms with Gasteiger partial charge in [0.2, 0.25) is 0 Å². The third kappa shape index (κ3) is 2.82. The van der Waals surface area contributed by atoms with E-state index in [9.17, 15) is 4.79 Å². The number of carbonyl (C=O) groups is 1. The summed E-state index contributed by atoms with van der Waals surface area (Å²) in [6.45, 7) is 0. The van der Waals surface area contributed by atoms with Gasteiger partial charge in [0, 0.05) is 11.3 Å². The molecule has 1 amide bonds. The van der Waals surface area contributed by atoms with Gasteiger partial charge in [-0.1, -0.05) is 30.3 Å². The van der Waals surface area contributed by atoms with Crippen molar-refractivity contribution in [2.75, 3.05) is 5.73 Å². The summed E-state index contributed by atoms with van der Waals surface area (Å²) in [7, 11) is 0. The number of hydrogen-bond donors (Lipinski definition) is 2. The highest BCUT2D eigenvalue weighted by Gasteiger charge is 2.33. The maximum atomic E-state index is 12.3. The summed E-state index contributed by atoms with van der Waals surface area (Å²) in [5, 5.41) is 3.15. The first-order valence-electron chi connectivity index (χ1n) is 6.95. The summed E-state index contributed by atoms with van der Waals surface area (Å²) in [6, 6.07) is 17.3. The Bertz CT molecular complexity index is 588. The van der Waals surface area contributed by atoms with Crippen LogP contribution >= 0.6 is 0 Å². The van der Waals surface area contributed by atoms with E-state index in [1.54, 1.807) is 24.3 Å². The predicted molar refractivity (Wildman–Crippen MR) is 80.2 cm³/mol. The SMILES string of the molecule is Nc1ccc(C(=O)NC(c2ccccc2)C2CC2)cc1. The van der Waals surface area contributed by atoms with E-state index < -0.39 is 0 Å². The molecule has 3 heteroatoms. The highest BCUT2D eigenvalue weighted by Crippen LogP contribution is 2.41. The van der Waals surface area contributed by atoms with Crippen molar-refractivity contribution in [2.24, 2.45) is 5.92 Å². The summed E-state index contributed by atoms with van der Waals surface area (Å²) >= 11 is 0. The Hall–Kier alpha value is -2.29. The zero-order valence-corrected chi connectivity index (χ0v) is 11.3. The van der Waals surface area contributed by atoms with E-state index in [-0.39, 0.29) is 11.9 Å². The molecule has 1 atom stereocenters. The molecule has 0 aliphatic heterocycles. The van der Waals surface area contributed by atoms with E-state index in [1.165, 1.54) is 18.4 Å². The normalized spacial score (nSPS) is 15.6. The van der Waals surface area contributed by atoms with Gasteiger partial charge in [0.05, 0.1) is 6.04 Å². The fraction of sp³-hybridized carbons (Fsp3) is 0.235. The third-order valence-electron chi connectivity index (χ3n) is 3.71. The first-order chi connectivity index (χ1) is 9.74. The molecule has 0 bridgehead atoms. The molecule has 20 heavy (non-hydrogen) atoms. The second kappa shape index (κ2) is 5.37. The van der Waals surface area contributed by atoms with Gasteiger partial charge in [0.15, 0.2) is 0 Å². The maximum Gasteiger partial charge on any atom is 0.251 e. The zero-order valence-electron chi connectivity index (χ0n) is 11.3. The van der Waals surface area contributed by atoms with Crippen LogP contribution in [0.15, 0.2) is 54.6 Å². The lowest BCUT2D eigenvalue weighted by atomic mass is 10.0. The number of nitrogens with two attached hydrogens (primary N) is 1. The standard InChI is InChI=1S/C17H18N2O/c18-15-10-8-14(9-11-15)17(20)19-16(13-6-7-13)12-4-2-1-3-5-12/h1-5,8-11,13,16H,6-7,18H2,(H,19,20). The van der Waals surface area contributed by atoms with E-state index in [2.05, 4.69) is 17.4 Å². The molecule has 0 spiro atoms. The maximum absolute atomic E-state index is 12.3. The van der Waals surface area contributed by atoms with Gasteiger partial charge in [-0.2, -0.15) is 0 Å². The van der Waals surface area contributed by atoms with Gasteiger partial charge in [0.1, 0.15) is 0 Å². The van der Waals surface area contributed by atoms with Crippen LogP contribution in [-0.2, 0) is 0 Å². The summed E-state index contributed by atoms with van der Waals surface area (Å²) in [5.74, 6) is 0.529. The largest absolute Gasteiger partial charge is 0.399 e. The predicted octanol–water partition coefficient (Wildman–Crippen LogP) is 3.15. The van der Waals surface area contributed by atoms with E-state index in [0.717, 1.165) is 0 Å². The van der Waals surface area contributed by atoms with Crippen LogP contribution in [0, 0.1) is 5.92 Å². The molecule has 3 rings (SSSR count). The van der Waals surface area contributed by atoms with E-state index >= 15 is 0 Å². The number of carbonyl (C=O) groups excluding carboxylic acids is 1.